The molecule has 6 heteroatoms. The summed E-state index contributed by atoms with van der Waals surface area (Å²) in [6.07, 6.45) is 7.13. The van der Waals surface area contributed by atoms with Crippen LogP contribution in [0.25, 0.3) is 0 Å². The van der Waals surface area contributed by atoms with Crippen molar-refractivity contribution in [1.29, 1.82) is 0 Å². The van der Waals surface area contributed by atoms with Crippen LogP contribution in [0.15, 0.2) is 4.99 Å². The smallest absolute Gasteiger partial charge is 0.191 e. The van der Waals surface area contributed by atoms with Crippen molar-refractivity contribution in [1.82, 2.24) is 20.4 Å². The van der Waals surface area contributed by atoms with Crippen LogP contribution in [0.2, 0.25) is 0 Å². The van der Waals surface area contributed by atoms with E-state index >= 15 is 0 Å². The first-order chi connectivity index (χ1) is 12.6. The van der Waals surface area contributed by atoms with Gasteiger partial charge in [-0.2, -0.15) is 16.9 Å². The summed E-state index contributed by atoms with van der Waals surface area (Å²) in [6.45, 7) is 10.4. The molecule has 0 saturated heterocycles. The third-order valence-electron chi connectivity index (χ3n) is 5.14. The number of nitrogens with zero attached hydrogens (tertiary/aromatic N) is 3. The zero-order chi connectivity index (χ0) is 18.9. The second-order valence-electron chi connectivity index (χ2n) is 6.98. The lowest BCUT2D eigenvalue weighted by molar-refractivity contribution is 0.419. The van der Waals surface area contributed by atoms with E-state index < -0.39 is 0 Å². The van der Waals surface area contributed by atoms with Gasteiger partial charge in [-0.15, -0.1) is 0 Å². The topological polar surface area (TPSA) is 54.2 Å². The third kappa shape index (κ3) is 5.66. The lowest BCUT2D eigenvalue weighted by atomic mass is 9.95. The van der Waals surface area contributed by atoms with E-state index in [2.05, 4.69) is 55.2 Å². The molecule has 2 N–H and O–H groups in total. The average Bonchev–Trinajstić information content (AvgIpc) is 2.95. The Hall–Kier alpha value is -1.17. The Morgan fingerprint density at radius 3 is 2.69 bits per heavy atom. The van der Waals surface area contributed by atoms with Crippen molar-refractivity contribution in [3.05, 3.63) is 17.0 Å². The van der Waals surface area contributed by atoms with E-state index in [1.54, 1.807) is 0 Å². The Balaban J connectivity index is 2.07. The molecule has 0 aliphatic heterocycles. The SMILES string of the molecule is CCNC(=NCc1c(CC)nn(C)c1CC)NC1CCCC(SCC)C1. The van der Waals surface area contributed by atoms with Gasteiger partial charge >= 0.3 is 0 Å². The van der Waals surface area contributed by atoms with E-state index in [1.165, 1.54) is 48.4 Å². The molecule has 1 aliphatic rings. The standard InChI is InChI=1S/C20H37N5S/c1-6-18-17(19(7-2)25(5)24-18)14-22-20(21-8-3)23-15-11-10-12-16(13-15)26-9-4/h15-16H,6-14H2,1-5H3,(H2,21,22,23). The van der Waals surface area contributed by atoms with Gasteiger partial charge in [0.05, 0.1) is 12.2 Å². The highest BCUT2D eigenvalue weighted by Gasteiger charge is 2.22. The van der Waals surface area contributed by atoms with E-state index in [0.717, 1.165) is 30.6 Å². The predicted molar refractivity (Wildman–Crippen MR) is 114 cm³/mol. The summed E-state index contributed by atoms with van der Waals surface area (Å²) in [5.74, 6) is 2.17. The van der Waals surface area contributed by atoms with Gasteiger partial charge in [-0.25, -0.2) is 4.99 Å². The fourth-order valence-corrected chi connectivity index (χ4v) is 5.08. The van der Waals surface area contributed by atoms with E-state index in [-0.39, 0.29) is 0 Å². The zero-order valence-corrected chi connectivity index (χ0v) is 18.1. The van der Waals surface area contributed by atoms with Gasteiger partial charge < -0.3 is 10.6 Å². The highest BCUT2D eigenvalue weighted by atomic mass is 32.2. The van der Waals surface area contributed by atoms with Gasteiger partial charge in [-0.3, -0.25) is 4.68 Å². The van der Waals surface area contributed by atoms with E-state index in [9.17, 15) is 0 Å². The number of aryl methyl sites for hydroxylation is 2. The second kappa shape index (κ2) is 10.9. The van der Waals surface area contributed by atoms with Crippen LogP contribution in [0.3, 0.4) is 0 Å². The van der Waals surface area contributed by atoms with Gasteiger partial charge in [0.2, 0.25) is 0 Å². The van der Waals surface area contributed by atoms with Crippen LogP contribution >= 0.6 is 11.8 Å². The number of aromatic nitrogens is 2. The van der Waals surface area contributed by atoms with E-state index in [0.29, 0.717) is 12.6 Å². The Morgan fingerprint density at radius 1 is 1.23 bits per heavy atom. The minimum Gasteiger partial charge on any atom is -0.357 e. The Morgan fingerprint density at radius 2 is 2.04 bits per heavy atom. The minimum absolute atomic E-state index is 0.538. The molecule has 0 aromatic carbocycles. The van der Waals surface area contributed by atoms with Crippen LogP contribution in [0.1, 0.15) is 70.3 Å². The Bertz CT molecular complexity index is 579. The molecule has 0 radical (unpaired) electrons. The molecule has 0 bridgehead atoms. The van der Waals surface area contributed by atoms with Crippen molar-refractivity contribution >= 4 is 17.7 Å². The molecule has 2 atom stereocenters. The number of guanidine groups is 1. The highest BCUT2D eigenvalue weighted by Crippen LogP contribution is 2.28. The number of rotatable bonds is 8. The van der Waals surface area contributed by atoms with Crippen molar-refractivity contribution in [2.75, 3.05) is 12.3 Å². The molecule has 1 saturated carbocycles. The Labute approximate surface area is 163 Å². The maximum absolute atomic E-state index is 4.91. The maximum Gasteiger partial charge on any atom is 0.191 e. The van der Waals surface area contributed by atoms with E-state index in [4.69, 9.17) is 4.99 Å². The minimum atomic E-state index is 0.538. The number of hydrogen-bond donors (Lipinski definition) is 2. The van der Waals surface area contributed by atoms with Crippen LogP contribution in [-0.2, 0) is 26.4 Å². The molecule has 0 spiro atoms. The first kappa shape index (κ1) is 21.1. The predicted octanol–water partition coefficient (Wildman–Crippen LogP) is 3.66. The number of aliphatic imine (C=N–C) groups is 1. The largest absolute Gasteiger partial charge is 0.357 e. The molecule has 0 amide bonds. The summed E-state index contributed by atoms with van der Waals surface area (Å²) >= 11 is 2.11. The molecule has 1 heterocycles. The van der Waals surface area contributed by atoms with Gasteiger partial charge in [-0.05, 0) is 44.8 Å². The molecule has 2 rings (SSSR count). The molecule has 1 fully saturated rings. The van der Waals surface area contributed by atoms with Gasteiger partial charge in [-0.1, -0.05) is 27.2 Å². The summed E-state index contributed by atoms with van der Waals surface area (Å²) < 4.78 is 2.03. The van der Waals surface area contributed by atoms with Crippen molar-refractivity contribution in [3.8, 4) is 0 Å². The van der Waals surface area contributed by atoms with Crippen molar-refractivity contribution in [2.24, 2.45) is 12.0 Å². The fraction of sp³-hybridized carbons (Fsp3) is 0.800. The molecule has 5 nitrogen and oxygen atoms in total. The molecule has 26 heavy (non-hydrogen) atoms. The fourth-order valence-electron chi connectivity index (χ4n) is 3.91. The monoisotopic (exact) mass is 379 g/mol. The van der Waals surface area contributed by atoms with Gasteiger partial charge in [0.25, 0.3) is 0 Å². The van der Waals surface area contributed by atoms with Gasteiger partial charge in [0, 0.05) is 36.1 Å². The lowest BCUT2D eigenvalue weighted by Gasteiger charge is -2.30. The molecular formula is C20H37N5S. The average molecular weight is 380 g/mol. The van der Waals surface area contributed by atoms with Crippen molar-refractivity contribution in [2.45, 2.75) is 84.1 Å². The summed E-state index contributed by atoms with van der Waals surface area (Å²) in [4.78, 5) is 4.91. The molecule has 1 aromatic rings. The highest BCUT2D eigenvalue weighted by molar-refractivity contribution is 7.99. The molecule has 1 aliphatic carbocycles. The van der Waals surface area contributed by atoms with Gasteiger partial charge in [0.15, 0.2) is 5.96 Å². The summed E-state index contributed by atoms with van der Waals surface area (Å²) in [5.41, 5.74) is 3.79. The van der Waals surface area contributed by atoms with Crippen molar-refractivity contribution < 1.29 is 0 Å². The summed E-state index contributed by atoms with van der Waals surface area (Å²) in [7, 11) is 2.04. The first-order valence-corrected chi connectivity index (χ1v) is 11.4. The summed E-state index contributed by atoms with van der Waals surface area (Å²) in [5, 5.41) is 12.6. The lowest BCUT2D eigenvalue weighted by Crippen LogP contribution is -2.45. The number of hydrogen-bond acceptors (Lipinski definition) is 3. The molecule has 2 unspecified atom stereocenters. The molecule has 148 valence electrons. The third-order valence-corrected chi connectivity index (χ3v) is 6.37. The summed E-state index contributed by atoms with van der Waals surface area (Å²) in [6, 6.07) is 0.538. The second-order valence-corrected chi connectivity index (χ2v) is 8.56. The van der Waals surface area contributed by atoms with Crippen LogP contribution < -0.4 is 10.6 Å². The molecule has 1 aromatic heterocycles. The van der Waals surface area contributed by atoms with Crippen LogP contribution in [0, 0.1) is 0 Å². The Kier molecular flexibility index (Phi) is 8.82. The van der Waals surface area contributed by atoms with Crippen LogP contribution in [0.5, 0.6) is 0 Å². The zero-order valence-electron chi connectivity index (χ0n) is 17.3. The number of nitrogens with one attached hydrogen (secondary N) is 2. The maximum atomic E-state index is 4.91. The van der Waals surface area contributed by atoms with Crippen molar-refractivity contribution in [3.63, 3.8) is 0 Å². The van der Waals surface area contributed by atoms with Crippen LogP contribution in [0.4, 0.5) is 0 Å². The first-order valence-electron chi connectivity index (χ1n) is 10.3. The van der Waals surface area contributed by atoms with E-state index in [1.807, 2.05) is 11.7 Å². The van der Waals surface area contributed by atoms with Crippen LogP contribution in [-0.4, -0.2) is 39.3 Å². The number of thioether (sulfide) groups is 1. The molecular weight excluding hydrogens is 342 g/mol. The van der Waals surface area contributed by atoms with Gasteiger partial charge in [0.1, 0.15) is 0 Å². The normalized spacial score (nSPS) is 21.0. The quantitative estimate of drug-likeness (QED) is 0.534.